The summed E-state index contributed by atoms with van der Waals surface area (Å²) in [6.45, 7) is 5.03. The number of carbonyl (C=O) groups excluding carboxylic acids is 2. The van der Waals surface area contributed by atoms with Crippen LogP contribution in [0.25, 0.3) is 0 Å². The number of anilines is 2. The number of halogens is 1. The minimum absolute atomic E-state index is 0.264. The van der Waals surface area contributed by atoms with E-state index in [1.54, 1.807) is 12.1 Å². The summed E-state index contributed by atoms with van der Waals surface area (Å²) in [7, 11) is 0. The van der Waals surface area contributed by atoms with E-state index in [2.05, 4.69) is 15.5 Å². The third-order valence-corrected chi connectivity index (χ3v) is 4.92. The summed E-state index contributed by atoms with van der Waals surface area (Å²) in [6, 6.07) is 4.44. The summed E-state index contributed by atoms with van der Waals surface area (Å²) >= 11 is 0. The second-order valence-corrected chi connectivity index (χ2v) is 6.79. The van der Waals surface area contributed by atoms with Gasteiger partial charge in [0.1, 0.15) is 11.9 Å². The molecule has 0 radical (unpaired) electrons. The van der Waals surface area contributed by atoms with Crippen LogP contribution in [0.4, 0.5) is 15.8 Å². The quantitative estimate of drug-likeness (QED) is 0.638. The van der Waals surface area contributed by atoms with E-state index in [0.717, 1.165) is 39.1 Å². The van der Waals surface area contributed by atoms with Crippen molar-refractivity contribution in [3.05, 3.63) is 24.0 Å². The maximum Gasteiger partial charge on any atom is 0.249 e. The van der Waals surface area contributed by atoms with Crippen molar-refractivity contribution in [1.29, 1.82) is 0 Å². The van der Waals surface area contributed by atoms with Crippen molar-refractivity contribution >= 4 is 23.2 Å². The Morgan fingerprint density at radius 3 is 2.65 bits per heavy atom. The number of rotatable bonds is 6. The van der Waals surface area contributed by atoms with Gasteiger partial charge in [-0.25, -0.2) is 4.39 Å². The number of carbonyl (C=O) groups is 2. The van der Waals surface area contributed by atoms with Crippen molar-refractivity contribution in [3.63, 3.8) is 0 Å². The topological polar surface area (TPSA) is 90.7 Å². The molecule has 1 atom stereocenters. The molecule has 0 aromatic heterocycles. The molecule has 2 aliphatic rings. The predicted octanol–water partition coefficient (Wildman–Crippen LogP) is 0.514. The largest absolute Gasteiger partial charge is 0.374 e. The van der Waals surface area contributed by atoms with Gasteiger partial charge in [-0.3, -0.25) is 19.8 Å². The first-order valence-corrected chi connectivity index (χ1v) is 9.14. The lowest BCUT2D eigenvalue weighted by molar-refractivity contribution is -0.133. The summed E-state index contributed by atoms with van der Waals surface area (Å²) in [6.07, 6.45) is 1.69. The molecule has 2 amide bonds. The van der Waals surface area contributed by atoms with E-state index in [-0.39, 0.29) is 17.6 Å². The van der Waals surface area contributed by atoms with Crippen LogP contribution < -0.4 is 21.3 Å². The summed E-state index contributed by atoms with van der Waals surface area (Å²) in [5, 5.41) is 5.30. The highest BCUT2D eigenvalue weighted by Gasteiger charge is 2.26. The van der Waals surface area contributed by atoms with Gasteiger partial charge in [0.2, 0.25) is 11.8 Å². The van der Waals surface area contributed by atoms with Crippen LogP contribution in [-0.2, 0) is 9.59 Å². The van der Waals surface area contributed by atoms with Crippen LogP contribution in [-0.4, -0.2) is 62.0 Å². The molecular weight excluding hydrogens is 337 g/mol. The predicted molar refractivity (Wildman–Crippen MR) is 98.5 cm³/mol. The number of piperidine rings is 1. The fourth-order valence-electron chi connectivity index (χ4n) is 3.41. The average molecular weight is 363 g/mol. The highest BCUT2D eigenvalue weighted by Crippen LogP contribution is 2.25. The van der Waals surface area contributed by atoms with Crippen LogP contribution in [0.5, 0.6) is 0 Å². The van der Waals surface area contributed by atoms with Gasteiger partial charge in [0, 0.05) is 38.3 Å². The van der Waals surface area contributed by atoms with Crippen LogP contribution in [0, 0.1) is 5.82 Å². The zero-order valence-corrected chi connectivity index (χ0v) is 14.8. The lowest BCUT2D eigenvalue weighted by atomic mass is 10.1. The van der Waals surface area contributed by atoms with Gasteiger partial charge in [-0.05, 0) is 44.1 Å². The van der Waals surface area contributed by atoms with E-state index in [1.165, 1.54) is 6.07 Å². The lowest BCUT2D eigenvalue weighted by Gasteiger charge is -2.36. The van der Waals surface area contributed by atoms with Crippen molar-refractivity contribution in [2.24, 2.45) is 5.73 Å². The third kappa shape index (κ3) is 4.50. The third-order valence-electron chi connectivity index (χ3n) is 4.92. The summed E-state index contributed by atoms with van der Waals surface area (Å²) in [5.74, 6) is -0.933. The van der Waals surface area contributed by atoms with Crippen LogP contribution in [0.1, 0.15) is 19.3 Å². The highest BCUT2D eigenvalue weighted by atomic mass is 19.1. The maximum atomic E-state index is 14.6. The molecule has 26 heavy (non-hydrogen) atoms. The molecular formula is C18H26FN5O2. The molecule has 0 aliphatic carbocycles. The first kappa shape index (κ1) is 18.6. The number of nitrogens with two attached hydrogens (primary N) is 1. The number of hydrogen-bond acceptors (Lipinski definition) is 6. The standard InChI is InChI=1S/C18H26FN5O2/c19-14-12-13(21-15-3-5-17(25)22-18(15)26)2-4-16(14)24-10-8-23(9-11-24)7-1-6-20/h2,4,12,15,21H,1,3,5-11,20H2,(H,22,25,26). The van der Waals surface area contributed by atoms with E-state index in [9.17, 15) is 14.0 Å². The fraction of sp³-hybridized carbons (Fsp3) is 0.556. The smallest absolute Gasteiger partial charge is 0.249 e. The first-order chi connectivity index (χ1) is 12.6. The Bertz CT molecular complexity index is 661. The normalized spacial score (nSPS) is 21.6. The van der Waals surface area contributed by atoms with Gasteiger partial charge in [0.05, 0.1) is 5.69 Å². The molecule has 0 bridgehead atoms. The minimum atomic E-state index is -0.510. The minimum Gasteiger partial charge on any atom is -0.374 e. The monoisotopic (exact) mass is 363 g/mol. The summed E-state index contributed by atoms with van der Waals surface area (Å²) in [5.41, 5.74) is 6.67. The second kappa shape index (κ2) is 8.46. The Morgan fingerprint density at radius 1 is 1.23 bits per heavy atom. The van der Waals surface area contributed by atoms with Gasteiger partial charge in [0.25, 0.3) is 0 Å². The fourth-order valence-corrected chi connectivity index (χ4v) is 3.41. The average Bonchev–Trinajstić information content (AvgIpc) is 2.63. The Hall–Kier alpha value is -2.19. The molecule has 2 fully saturated rings. The molecule has 0 saturated carbocycles. The van der Waals surface area contributed by atoms with Crippen LogP contribution in [0.2, 0.25) is 0 Å². The number of piperazine rings is 1. The Labute approximate surface area is 152 Å². The number of benzene rings is 1. The van der Waals surface area contributed by atoms with Gasteiger partial charge < -0.3 is 16.0 Å². The molecule has 8 heteroatoms. The van der Waals surface area contributed by atoms with Crippen LogP contribution in [0.15, 0.2) is 18.2 Å². The van der Waals surface area contributed by atoms with Gasteiger partial charge in [-0.2, -0.15) is 0 Å². The van der Waals surface area contributed by atoms with Gasteiger partial charge >= 0.3 is 0 Å². The van der Waals surface area contributed by atoms with Crippen molar-refractivity contribution in [3.8, 4) is 0 Å². The molecule has 4 N–H and O–H groups in total. The molecule has 2 saturated heterocycles. The zero-order chi connectivity index (χ0) is 18.5. The molecule has 2 aliphatic heterocycles. The molecule has 1 aromatic carbocycles. The highest BCUT2D eigenvalue weighted by molar-refractivity contribution is 6.01. The van der Waals surface area contributed by atoms with Gasteiger partial charge in [-0.1, -0.05) is 0 Å². The van der Waals surface area contributed by atoms with Crippen LogP contribution >= 0.6 is 0 Å². The Morgan fingerprint density at radius 2 is 2.00 bits per heavy atom. The zero-order valence-electron chi connectivity index (χ0n) is 14.8. The molecule has 1 aromatic rings. The molecule has 3 rings (SSSR count). The van der Waals surface area contributed by atoms with Crippen molar-refractivity contribution in [2.45, 2.75) is 25.3 Å². The number of nitrogens with one attached hydrogen (secondary N) is 2. The van der Waals surface area contributed by atoms with Crippen molar-refractivity contribution < 1.29 is 14.0 Å². The maximum absolute atomic E-state index is 14.6. The van der Waals surface area contributed by atoms with Crippen molar-refractivity contribution in [1.82, 2.24) is 10.2 Å². The van der Waals surface area contributed by atoms with E-state index >= 15 is 0 Å². The Kier molecular flexibility index (Phi) is 6.05. The SMILES string of the molecule is NCCCN1CCN(c2ccc(NC3CCC(=O)NC3=O)cc2F)CC1. The molecule has 0 spiro atoms. The molecule has 142 valence electrons. The van der Waals surface area contributed by atoms with E-state index in [1.807, 2.05) is 4.90 Å². The lowest BCUT2D eigenvalue weighted by Crippen LogP contribution is -2.47. The molecule has 2 heterocycles. The van der Waals surface area contributed by atoms with Crippen LogP contribution in [0.3, 0.4) is 0 Å². The number of imide groups is 1. The van der Waals surface area contributed by atoms with E-state index < -0.39 is 6.04 Å². The summed E-state index contributed by atoms with van der Waals surface area (Å²) < 4.78 is 14.6. The second-order valence-electron chi connectivity index (χ2n) is 6.79. The first-order valence-electron chi connectivity index (χ1n) is 9.14. The Balaban J connectivity index is 1.58. The summed E-state index contributed by atoms with van der Waals surface area (Å²) in [4.78, 5) is 27.4. The number of amides is 2. The van der Waals surface area contributed by atoms with Crippen molar-refractivity contribution in [2.75, 3.05) is 49.5 Å². The van der Waals surface area contributed by atoms with E-state index in [0.29, 0.717) is 30.8 Å². The van der Waals surface area contributed by atoms with Gasteiger partial charge in [-0.15, -0.1) is 0 Å². The van der Waals surface area contributed by atoms with E-state index in [4.69, 9.17) is 5.73 Å². The molecule has 1 unspecified atom stereocenters. The molecule has 7 nitrogen and oxygen atoms in total. The number of nitrogens with zero attached hydrogens (tertiary/aromatic N) is 2. The van der Waals surface area contributed by atoms with Gasteiger partial charge in [0.15, 0.2) is 0 Å². The number of hydrogen-bond donors (Lipinski definition) is 3.